The monoisotopic (exact) mass is 776 g/mol. The normalized spacial score (nSPS) is 15.1. The zero-order chi connectivity index (χ0) is 39.6. The van der Waals surface area contributed by atoms with Gasteiger partial charge in [0.2, 0.25) is 0 Å². The Balaban J connectivity index is 4.34. The lowest BCUT2D eigenvalue weighted by Crippen LogP contribution is -2.29. The molecule has 0 fully saturated rings. The number of rotatable bonds is 37. The van der Waals surface area contributed by atoms with Crippen molar-refractivity contribution in [2.45, 2.75) is 142 Å². The average molecular weight is 777 g/mol. The fraction of sp³-hybridized carbons (Fsp3) is 0.614. The van der Waals surface area contributed by atoms with Crippen molar-refractivity contribution in [1.82, 2.24) is 0 Å². The topological polar surface area (TPSA) is 132 Å². The number of carbonyl (C=O) groups is 1. The van der Waals surface area contributed by atoms with E-state index in [-0.39, 0.29) is 13.0 Å². The molecule has 0 saturated carbocycles. The molecule has 0 aromatic carbocycles. The van der Waals surface area contributed by atoms with E-state index in [2.05, 4.69) is 111 Å². The maximum absolute atomic E-state index is 12.6. The summed E-state index contributed by atoms with van der Waals surface area (Å²) in [6, 6.07) is 0. The number of aliphatic hydroxyl groups excluding tert-OH is 2. The Bertz CT molecular complexity index is 1150. The van der Waals surface area contributed by atoms with Crippen molar-refractivity contribution in [2.75, 3.05) is 33.0 Å². The predicted molar refractivity (Wildman–Crippen MR) is 223 cm³/mol. The van der Waals surface area contributed by atoms with Crippen LogP contribution >= 0.6 is 7.82 Å². The summed E-state index contributed by atoms with van der Waals surface area (Å²) in [5.41, 5.74) is 0. The third-order valence-electron chi connectivity index (χ3n) is 7.77. The maximum atomic E-state index is 12.6. The number of hydrogen-bond acceptors (Lipinski definition) is 8. The van der Waals surface area contributed by atoms with Crippen LogP contribution in [0.1, 0.15) is 129 Å². The number of phosphoric acid groups is 1. The Hall–Kier alpha value is -2.62. The van der Waals surface area contributed by atoms with Gasteiger partial charge in [-0.2, -0.15) is 0 Å². The van der Waals surface area contributed by atoms with E-state index in [9.17, 15) is 19.4 Å². The van der Waals surface area contributed by atoms with Crippen LogP contribution in [0.5, 0.6) is 0 Å². The fourth-order valence-electron chi connectivity index (χ4n) is 4.75. The molecule has 0 bridgehead atoms. The molecule has 0 rings (SSSR count). The molecular weight excluding hydrogens is 703 g/mol. The van der Waals surface area contributed by atoms with Gasteiger partial charge in [0.15, 0.2) is 0 Å². The first kappa shape index (κ1) is 51.4. The van der Waals surface area contributed by atoms with Crippen LogP contribution in [0.3, 0.4) is 0 Å². The van der Waals surface area contributed by atoms with Crippen molar-refractivity contribution in [1.29, 1.82) is 0 Å². The lowest BCUT2D eigenvalue weighted by Gasteiger charge is -2.20. The molecule has 3 N–H and O–H groups in total. The molecule has 54 heavy (non-hydrogen) atoms. The number of allylic oxidation sites excluding steroid dienone is 16. The second kappa shape index (κ2) is 40.1. The van der Waals surface area contributed by atoms with E-state index in [4.69, 9.17) is 23.6 Å². The highest BCUT2D eigenvalue weighted by molar-refractivity contribution is 7.47. The van der Waals surface area contributed by atoms with Crippen LogP contribution in [-0.4, -0.2) is 66.3 Å². The predicted octanol–water partition coefficient (Wildman–Crippen LogP) is 10.9. The van der Waals surface area contributed by atoms with Gasteiger partial charge in [0, 0.05) is 13.0 Å². The first-order valence-corrected chi connectivity index (χ1v) is 21.7. The van der Waals surface area contributed by atoms with Gasteiger partial charge in [-0.15, -0.1) is 0 Å². The van der Waals surface area contributed by atoms with E-state index in [1.54, 1.807) is 0 Å². The quantitative estimate of drug-likeness (QED) is 0.0244. The largest absolute Gasteiger partial charge is 0.472 e. The Morgan fingerprint density at radius 2 is 1.00 bits per heavy atom. The van der Waals surface area contributed by atoms with Crippen molar-refractivity contribution in [3.63, 3.8) is 0 Å². The lowest BCUT2D eigenvalue weighted by atomic mass is 10.1. The number of phosphoric ester groups is 1. The number of hydrogen-bond donors (Lipinski definition) is 3. The van der Waals surface area contributed by atoms with E-state index >= 15 is 0 Å². The Morgan fingerprint density at radius 3 is 1.50 bits per heavy atom. The molecule has 0 saturated heterocycles. The zero-order valence-corrected chi connectivity index (χ0v) is 34.3. The lowest BCUT2D eigenvalue weighted by molar-refractivity contribution is -0.154. The van der Waals surface area contributed by atoms with E-state index in [1.807, 2.05) is 0 Å². The average Bonchev–Trinajstić information content (AvgIpc) is 3.16. The summed E-state index contributed by atoms with van der Waals surface area (Å²) in [7, 11) is -4.54. The van der Waals surface area contributed by atoms with Crippen LogP contribution in [0.15, 0.2) is 97.2 Å². The van der Waals surface area contributed by atoms with Crippen molar-refractivity contribution in [2.24, 2.45) is 0 Å². The summed E-state index contributed by atoms with van der Waals surface area (Å²) >= 11 is 0. The summed E-state index contributed by atoms with van der Waals surface area (Å²) in [5.74, 6) is -0.435. The van der Waals surface area contributed by atoms with Crippen LogP contribution in [0, 0.1) is 0 Å². The van der Waals surface area contributed by atoms with Gasteiger partial charge in [-0.05, 0) is 89.9 Å². The third-order valence-corrected chi connectivity index (χ3v) is 8.72. The van der Waals surface area contributed by atoms with Gasteiger partial charge in [-0.25, -0.2) is 4.57 Å². The van der Waals surface area contributed by atoms with Crippen LogP contribution in [0.25, 0.3) is 0 Å². The van der Waals surface area contributed by atoms with Crippen molar-refractivity contribution >= 4 is 13.8 Å². The number of ether oxygens (including phenoxy) is 2. The molecule has 0 radical (unpaired) electrons. The minimum atomic E-state index is -4.54. The molecule has 308 valence electrons. The van der Waals surface area contributed by atoms with Crippen LogP contribution in [0.4, 0.5) is 0 Å². The van der Waals surface area contributed by atoms with Crippen LogP contribution in [-0.2, 0) is 27.9 Å². The second-order valence-corrected chi connectivity index (χ2v) is 14.3. The number of unbranched alkanes of at least 4 members (excludes halogenated alkanes) is 7. The van der Waals surface area contributed by atoms with E-state index in [0.717, 1.165) is 103 Å². The molecule has 0 aliphatic carbocycles. The summed E-state index contributed by atoms with van der Waals surface area (Å²) in [5, 5.41) is 18.3. The third kappa shape index (κ3) is 39.1. The maximum Gasteiger partial charge on any atom is 0.472 e. The van der Waals surface area contributed by atoms with E-state index < -0.39 is 45.8 Å². The standard InChI is InChI=1S/C44H73O9P/c1-3-5-7-9-11-13-15-17-19-20-21-23-25-27-29-31-33-35-37-50-40-43(41-52-54(48,49)51-39-42(46)38-45)53-44(47)36-34-32-30-28-26-24-22-18-16-14-12-10-8-6-4-2/h5-8,11-14,17-19,21-23,26,28,42-43,45-46H,3-4,9-10,15-16,20,24-25,27,29-41H2,1-2H3,(H,48,49)/b7-5-,8-6-,13-11-,14-12-,19-17-,22-18-,23-21-,28-26-. The molecular formula is C44H73O9P. The summed E-state index contributed by atoms with van der Waals surface area (Å²) in [6.07, 6.45) is 49.4. The van der Waals surface area contributed by atoms with Gasteiger partial charge >= 0.3 is 13.8 Å². The molecule has 3 atom stereocenters. The molecule has 0 aliphatic heterocycles. The minimum absolute atomic E-state index is 0.0127. The molecule has 0 heterocycles. The molecule has 0 amide bonds. The van der Waals surface area contributed by atoms with Crippen molar-refractivity contribution in [3.05, 3.63) is 97.2 Å². The van der Waals surface area contributed by atoms with Crippen LogP contribution < -0.4 is 0 Å². The summed E-state index contributed by atoms with van der Waals surface area (Å²) < 4.78 is 33.2. The molecule has 0 aromatic rings. The van der Waals surface area contributed by atoms with Crippen molar-refractivity contribution < 1.29 is 43.0 Å². The first-order chi connectivity index (χ1) is 26.3. The highest BCUT2D eigenvalue weighted by atomic mass is 31.2. The van der Waals surface area contributed by atoms with Gasteiger partial charge in [0.05, 0.1) is 26.4 Å². The molecule has 3 unspecified atom stereocenters. The Morgan fingerprint density at radius 1 is 0.574 bits per heavy atom. The molecule has 0 aliphatic rings. The number of esters is 1. The smallest absolute Gasteiger partial charge is 0.457 e. The van der Waals surface area contributed by atoms with Gasteiger partial charge in [-0.3, -0.25) is 13.8 Å². The molecule has 0 spiro atoms. The van der Waals surface area contributed by atoms with Gasteiger partial charge in [0.25, 0.3) is 0 Å². The molecule has 10 heteroatoms. The van der Waals surface area contributed by atoms with E-state index in [1.165, 1.54) is 0 Å². The van der Waals surface area contributed by atoms with Gasteiger partial charge in [0.1, 0.15) is 12.2 Å². The SMILES string of the molecule is CC/C=C\C/C=C\C/C=C\C/C=C\CCCCCCCOCC(COP(=O)(O)OCC(O)CO)OC(=O)CCCC/C=C\C/C=C\C/C=C\C/C=C\CC. The highest BCUT2D eigenvalue weighted by Gasteiger charge is 2.26. The minimum Gasteiger partial charge on any atom is -0.457 e. The Kier molecular flexibility index (Phi) is 38.1. The molecule has 9 nitrogen and oxygen atoms in total. The highest BCUT2D eigenvalue weighted by Crippen LogP contribution is 2.43. The summed E-state index contributed by atoms with van der Waals surface area (Å²) in [4.78, 5) is 22.5. The summed E-state index contributed by atoms with van der Waals surface area (Å²) in [6.45, 7) is 3.14. The molecule has 0 aromatic heterocycles. The van der Waals surface area contributed by atoms with Gasteiger partial charge in [-0.1, -0.05) is 130 Å². The Labute approximate surface area is 327 Å². The van der Waals surface area contributed by atoms with Gasteiger partial charge < -0.3 is 24.6 Å². The zero-order valence-electron chi connectivity index (χ0n) is 33.4. The first-order valence-electron chi connectivity index (χ1n) is 20.2. The van der Waals surface area contributed by atoms with Crippen LogP contribution in [0.2, 0.25) is 0 Å². The number of aliphatic hydroxyl groups is 2. The fourth-order valence-corrected chi connectivity index (χ4v) is 5.54. The number of carbonyl (C=O) groups excluding carboxylic acids is 1. The van der Waals surface area contributed by atoms with E-state index in [0.29, 0.717) is 13.0 Å². The van der Waals surface area contributed by atoms with Crippen molar-refractivity contribution in [3.8, 4) is 0 Å². The second-order valence-electron chi connectivity index (χ2n) is 12.9.